The second kappa shape index (κ2) is 10.3. The first kappa shape index (κ1) is 23.3. The Morgan fingerprint density at radius 3 is 2.65 bits per heavy atom. The third-order valence-corrected chi connectivity index (χ3v) is 6.40. The smallest absolute Gasteiger partial charge is 0.309 e. The van der Waals surface area contributed by atoms with Crippen LogP contribution in [0.3, 0.4) is 0 Å². The predicted molar refractivity (Wildman–Crippen MR) is 126 cm³/mol. The number of unbranched alkanes of at least 4 members (excludes halogenated alkanes) is 1. The number of rotatable bonds is 9. The van der Waals surface area contributed by atoms with Crippen molar-refractivity contribution in [2.45, 2.75) is 65.8 Å². The van der Waals surface area contributed by atoms with E-state index in [9.17, 15) is 4.79 Å². The lowest BCUT2D eigenvalue weighted by molar-refractivity contribution is -0.148. The molecule has 0 aliphatic heterocycles. The van der Waals surface area contributed by atoms with Crippen molar-refractivity contribution < 1.29 is 9.53 Å². The lowest BCUT2D eigenvalue weighted by Gasteiger charge is -2.26. The average Bonchev–Trinajstić information content (AvgIpc) is 3.20. The molecule has 0 bridgehead atoms. The van der Waals surface area contributed by atoms with Crippen LogP contribution in [-0.4, -0.2) is 27.6 Å². The van der Waals surface area contributed by atoms with E-state index in [-0.39, 0.29) is 17.8 Å². The summed E-state index contributed by atoms with van der Waals surface area (Å²) in [4.78, 5) is 13.0. The normalized spacial score (nSPS) is 13.4. The zero-order valence-corrected chi connectivity index (χ0v) is 19.9. The number of ether oxygens (including phenoxy) is 1. The van der Waals surface area contributed by atoms with Crippen LogP contribution >= 0.6 is 11.6 Å². The minimum Gasteiger partial charge on any atom is -0.465 e. The molecule has 0 aliphatic rings. The number of alkyl halides is 1. The molecule has 0 saturated heterocycles. The molecule has 0 amide bonds. The van der Waals surface area contributed by atoms with E-state index in [0.29, 0.717) is 12.5 Å². The van der Waals surface area contributed by atoms with Gasteiger partial charge in [-0.05, 0) is 61.1 Å². The van der Waals surface area contributed by atoms with Crippen molar-refractivity contribution in [2.24, 2.45) is 5.92 Å². The third kappa shape index (κ3) is 4.77. The highest BCUT2D eigenvalue weighted by Gasteiger charge is 2.30. The van der Waals surface area contributed by atoms with Gasteiger partial charge < -0.3 is 4.74 Å². The minimum absolute atomic E-state index is 0.159. The Balaban J connectivity index is 2.11. The van der Waals surface area contributed by atoms with Crippen molar-refractivity contribution in [3.8, 4) is 0 Å². The van der Waals surface area contributed by atoms with Gasteiger partial charge in [-0.3, -0.25) is 4.79 Å². The maximum atomic E-state index is 13.0. The van der Waals surface area contributed by atoms with Gasteiger partial charge in [-0.2, -0.15) is 0 Å². The van der Waals surface area contributed by atoms with Crippen LogP contribution in [0.1, 0.15) is 67.3 Å². The molecule has 2 aromatic carbocycles. The molecule has 1 aromatic heterocycles. The van der Waals surface area contributed by atoms with Crippen LogP contribution in [0.4, 0.5) is 0 Å². The predicted octanol–water partition coefficient (Wildman–Crippen LogP) is 5.92. The number of carbonyl (C=O) groups excluding carboxylic acids is 1. The Morgan fingerprint density at radius 1 is 1.19 bits per heavy atom. The number of aromatic nitrogens is 3. The summed E-state index contributed by atoms with van der Waals surface area (Å²) in [6.07, 6.45) is 1.86. The van der Waals surface area contributed by atoms with E-state index in [4.69, 9.17) is 16.3 Å². The number of carbonyl (C=O) groups is 1. The second-order valence-electron chi connectivity index (χ2n) is 8.16. The van der Waals surface area contributed by atoms with E-state index in [1.165, 1.54) is 0 Å². The number of aryl methyl sites for hydroxylation is 3. The Hall–Kier alpha value is -2.40. The molecule has 3 aromatic rings. The van der Waals surface area contributed by atoms with Crippen LogP contribution < -0.4 is 0 Å². The lowest BCUT2D eigenvalue weighted by Crippen LogP contribution is -2.24. The van der Waals surface area contributed by atoms with Gasteiger partial charge in [0.25, 0.3) is 0 Å². The summed E-state index contributed by atoms with van der Waals surface area (Å²) in [7, 11) is 0. The molecule has 0 spiro atoms. The van der Waals surface area contributed by atoms with E-state index in [2.05, 4.69) is 68.3 Å². The highest BCUT2D eigenvalue weighted by molar-refractivity contribution is 6.17. The molecule has 6 heteroatoms. The molecule has 31 heavy (non-hydrogen) atoms. The van der Waals surface area contributed by atoms with Crippen molar-refractivity contribution in [1.29, 1.82) is 0 Å². The van der Waals surface area contributed by atoms with Crippen molar-refractivity contribution >= 4 is 28.6 Å². The van der Waals surface area contributed by atoms with Gasteiger partial charge in [-0.15, -0.1) is 16.7 Å². The maximum absolute atomic E-state index is 13.0. The first-order chi connectivity index (χ1) is 14.9. The number of nitrogens with zero attached hydrogens (tertiary/aromatic N) is 3. The Labute approximate surface area is 189 Å². The molecule has 0 fully saturated rings. The summed E-state index contributed by atoms with van der Waals surface area (Å²) < 4.78 is 7.49. The third-order valence-electron chi connectivity index (χ3n) is 6.11. The Morgan fingerprint density at radius 2 is 1.97 bits per heavy atom. The SMILES string of the molecule is CCCCOC(=O)[C@@H](C)[C@H](c1ccc(C)c(CCl)c1)c1ccc2c(nnn2CC)c1C. The largest absolute Gasteiger partial charge is 0.465 e. The number of esters is 1. The van der Waals surface area contributed by atoms with Crippen LogP contribution in [0.2, 0.25) is 0 Å². The second-order valence-corrected chi connectivity index (χ2v) is 8.43. The molecule has 2 atom stereocenters. The summed E-state index contributed by atoms with van der Waals surface area (Å²) >= 11 is 6.20. The first-order valence-electron chi connectivity index (χ1n) is 11.1. The van der Waals surface area contributed by atoms with Crippen LogP contribution in [0.5, 0.6) is 0 Å². The molecule has 1 heterocycles. The van der Waals surface area contributed by atoms with E-state index >= 15 is 0 Å². The number of hydrogen-bond acceptors (Lipinski definition) is 4. The molecule has 0 radical (unpaired) electrons. The summed E-state index contributed by atoms with van der Waals surface area (Å²) in [5, 5.41) is 8.69. The number of halogens is 1. The van der Waals surface area contributed by atoms with Crippen molar-refractivity contribution in [1.82, 2.24) is 15.0 Å². The van der Waals surface area contributed by atoms with Crippen LogP contribution in [0.15, 0.2) is 30.3 Å². The first-order valence-corrected chi connectivity index (χ1v) is 11.6. The fourth-order valence-corrected chi connectivity index (χ4v) is 4.39. The molecule has 5 nitrogen and oxygen atoms in total. The highest BCUT2D eigenvalue weighted by Crippen LogP contribution is 2.37. The van der Waals surface area contributed by atoms with Crippen LogP contribution in [0.25, 0.3) is 11.0 Å². The molecule has 0 saturated carbocycles. The zero-order chi connectivity index (χ0) is 22.5. The molecule has 3 rings (SSSR count). The van der Waals surface area contributed by atoms with E-state index in [1.54, 1.807) is 0 Å². The Bertz CT molecular complexity index is 1060. The fourth-order valence-electron chi connectivity index (χ4n) is 4.10. The summed E-state index contributed by atoms with van der Waals surface area (Å²) in [6.45, 7) is 11.4. The van der Waals surface area contributed by atoms with E-state index < -0.39 is 0 Å². The molecule has 0 N–H and O–H groups in total. The topological polar surface area (TPSA) is 57.0 Å². The zero-order valence-electron chi connectivity index (χ0n) is 19.1. The monoisotopic (exact) mass is 441 g/mol. The summed E-state index contributed by atoms with van der Waals surface area (Å²) in [6, 6.07) is 10.5. The summed E-state index contributed by atoms with van der Waals surface area (Å²) in [5.74, 6) is -0.249. The molecular formula is C25H32ClN3O2. The van der Waals surface area contributed by atoms with Crippen molar-refractivity contribution in [2.75, 3.05) is 6.61 Å². The summed E-state index contributed by atoms with van der Waals surface area (Å²) in [5.41, 5.74) is 7.28. The molecular weight excluding hydrogens is 410 g/mol. The van der Waals surface area contributed by atoms with Gasteiger partial charge in [0.15, 0.2) is 0 Å². The van der Waals surface area contributed by atoms with Gasteiger partial charge >= 0.3 is 5.97 Å². The van der Waals surface area contributed by atoms with Gasteiger partial charge in [-0.1, -0.05) is 49.7 Å². The number of hydrogen-bond donors (Lipinski definition) is 0. The standard InChI is InChI=1S/C25H32ClN3O2/c1-6-8-13-31-25(30)18(5)23(19-10-9-16(3)20(14-19)15-26)21-11-12-22-24(17(21)4)27-28-29(22)7-2/h9-12,14,18,23H,6-8,13,15H2,1-5H3/t18-,23+/m0/s1. The number of benzene rings is 2. The van der Waals surface area contributed by atoms with Crippen molar-refractivity contribution in [3.63, 3.8) is 0 Å². The lowest BCUT2D eigenvalue weighted by atomic mass is 9.79. The Kier molecular flexibility index (Phi) is 7.71. The molecule has 0 aliphatic carbocycles. The van der Waals surface area contributed by atoms with Gasteiger partial charge in [0, 0.05) is 18.3 Å². The van der Waals surface area contributed by atoms with Gasteiger partial charge in [-0.25, -0.2) is 4.68 Å². The van der Waals surface area contributed by atoms with Crippen molar-refractivity contribution in [3.05, 3.63) is 58.1 Å². The number of fused-ring (bicyclic) bond motifs is 1. The fraction of sp³-hybridized carbons (Fsp3) is 0.480. The highest BCUT2D eigenvalue weighted by atomic mass is 35.5. The maximum Gasteiger partial charge on any atom is 0.309 e. The molecule has 166 valence electrons. The average molecular weight is 442 g/mol. The molecule has 0 unspecified atom stereocenters. The minimum atomic E-state index is -0.347. The van der Waals surface area contributed by atoms with Gasteiger partial charge in [0.05, 0.1) is 18.0 Å². The van der Waals surface area contributed by atoms with E-state index in [1.807, 2.05) is 11.6 Å². The van der Waals surface area contributed by atoms with Gasteiger partial charge in [0.1, 0.15) is 5.52 Å². The van der Waals surface area contributed by atoms with Crippen LogP contribution in [0, 0.1) is 19.8 Å². The quantitative estimate of drug-likeness (QED) is 0.235. The van der Waals surface area contributed by atoms with E-state index in [0.717, 1.165) is 58.2 Å². The van der Waals surface area contributed by atoms with Gasteiger partial charge in [0.2, 0.25) is 0 Å². The van der Waals surface area contributed by atoms with Crippen LogP contribution in [-0.2, 0) is 22.0 Å².